The lowest BCUT2D eigenvalue weighted by atomic mass is 9.92. The van der Waals surface area contributed by atoms with Crippen molar-refractivity contribution in [2.24, 2.45) is 11.8 Å². The highest BCUT2D eigenvalue weighted by Crippen LogP contribution is 2.42. The van der Waals surface area contributed by atoms with Gasteiger partial charge in [-0.15, -0.1) is 0 Å². The largest absolute Gasteiger partial charge is 0.402 e. The van der Waals surface area contributed by atoms with Crippen LogP contribution in [-0.2, 0) is 6.42 Å². The average Bonchev–Trinajstić information content (AvgIpc) is 2.29. The van der Waals surface area contributed by atoms with Crippen molar-refractivity contribution in [1.82, 2.24) is 5.43 Å². The third kappa shape index (κ3) is 4.72. The van der Waals surface area contributed by atoms with Gasteiger partial charge in [0.1, 0.15) is 5.82 Å². The monoisotopic (exact) mass is 338 g/mol. The van der Waals surface area contributed by atoms with Gasteiger partial charge in [-0.3, -0.25) is 11.3 Å². The van der Waals surface area contributed by atoms with Crippen LogP contribution in [0.5, 0.6) is 0 Å². The number of hydrogen-bond donors (Lipinski definition) is 2. The molecule has 0 amide bonds. The fourth-order valence-electron chi connectivity index (χ4n) is 1.84. The fourth-order valence-corrected chi connectivity index (χ4v) is 2.04. The van der Waals surface area contributed by atoms with Crippen molar-refractivity contribution in [2.45, 2.75) is 24.8 Å². The molecule has 21 heavy (non-hydrogen) atoms. The van der Waals surface area contributed by atoms with Gasteiger partial charge in [0, 0.05) is 6.04 Å². The number of rotatable bonds is 4. The second kappa shape index (κ2) is 6.37. The second-order valence-electron chi connectivity index (χ2n) is 4.29. The van der Waals surface area contributed by atoms with Crippen molar-refractivity contribution >= 4 is 11.6 Å². The van der Waals surface area contributed by atoms with Gasteiger partial charge >= 0.3 is 12.4 Å². The van der Waals surface area contributed by atoms with Crippen LogP contribution >= 0.6 is 11.6 Å². The number of nitrogens with one attached hydrogen (secondary N) is 1. The van der Waals surface area contributed by atoms with E-state index >= 15 is 0 Å². The summed E-state index contributed by atoms with van der Waals surface area (Å²) in [5.41, 5.74) is 1.51. The summed E-state index contributed by atoms with van der Waals surface area (Å²) < 4.78 is 88.5. The summed E-state index contributed by atoms with van der Waals surface area (Å²) in [7, 11) is 0. The number of hydrogen-bond acceptors (Lipinski definition) is 2. The van der Waals surface area contributed by atoms with E-state index in [1.807, 2.05) is 0 Å². The summed E-state index contributed by atoms with van der Waals surface area (Å²) in [5.74, 6) is 0.339. The zero-order valence-electron chi connectivity index (χ0n) is 10.2. The van der Waals surface area contributed by atoms with Crippen LogP contribution in [0.3, 0.4) is 0 Å². The van der Waals surface area contributed by atoms with Crippen LogP contribution in [0.2, 0.25) is 5.02 Å². The van der Waals surface area contributed by atoms with Gasteiger partial charge in [0.05, 0.1) is 5.02 Å². The van der Waals surface area contributed by atoms with Crippen LogP contribution in [0.1, 0.15) is 5.56 Å². The molecule has 120 valence electrons. The first kappa shape index (κ1) is 18.0. The third-order valence-corrected chi connectivity index (χ3v) is 3.05. The van der Waals surface area contributed by atoms with Gasteiger partial charge in [-0.2, -0.15) is 26.3 Å². The highest BCUT2D eigenvalue weighted by Gasteiger charge is 2.59. The molecule has 1 aromatic carbocycles. The Bertz CT molecular complexity index is 472. The van der Waals surface area contributed by atoms with Crippen LogP contribution in [0, 0.1) is 11.7 Å². The van der Waals surface area contributed by atoms with E-state index in [-0.39, 0.29) is 5.56 Å². The quantitative estimate of drug-likeness (QED) is 0.500. The van der Waals surface area contributed by atoms with Crippen molar-refractivity contribution in [3.8, 4) is 0 Å². The number of benzene rings is 1. The lowest BCUT2D eigenvalue weighted by Crippen LogP contribution is -2.54. The number of hydrazine groups is 1. The van der Waals surface area contributed by atoms with Crippen molar-refractivity contribution < 1.29 is 30.7 Å². The molecular weight excluding hydrogens is 329 g/mol. The van der Waals surface area contributed by atoms with Crippen molar-refractivity contribution in [2.75, 3.05) is 0 Å². The maximum atomic E-state index is 12.9. The van der Waals surface area contributed by atoms with E-state index in [1.165, 1.54) is 5.43 Å². The molecule has 0 heterocycles. The van der Waals surface area contributed by atoms with Gasteiger partial charge in [-0.1, -0.05) is 17.7 Å². The van der Waals surface area contributed by atoms with Crippen molar-refractivity contribution in [3.63, 3.8) is 0 Å². The predicted molar refractivity (Wildman–Crippen MR) is 61.8 cm³/mol. The number of halogens is 8. The summed E-state index contributed by atoms with van der Waals surface area (Å²) in [4.78, 5) is 0. The van der Waals surface area contributed by atoms with Crippen LogP contribution in [0.4, 0.5) is 30.7 Å². The molecule has 2 nitrogen and oxygen atoms in total. The Morgan fingerprint density at radius 3 is 2.00 bits per heavy atom. The van der Waals surface area contributed by atoms with E-state index in [4.69, 9.17) is 17.4 Å². The van der Waals surface area contributed by atoms with Gasteiger partial charge < -0.3 is 0 Å². The molecule has 0 fully saturated rings. The van der Waals surface area contributed by atoms with Crippen LogP contribution in [0.25, 0.3) is 0 Å². The summed E-state index contributed by atoms with van der Waals surface area (Å²) in [6.45, 7) is 0. The van der Waals surface area contributed by atoms with Gasteiger partial charge in [0.2, 0.25) is 0 Å². The number of alkyl halides is 6. The van der Waals surface area contributed by atoms with E-state index in [9.17, 15) is 30.7 Å². The molecule has 1 rings (SSSR count). The summed E-state index contributed by atoms with van der Waals surface area (Å²) in [6, 6.07) is 0.675. The number of nitrogens with two attached hydrogens (primary N) is 1. The van der Waals surface area contributed by atoms with E-state index in [1.54, 1.807) is 0 Å². The zero-order chi connectivity index (χ0) is 16.4. The Morgan fingerprint density at radius 1 is 1.10 bits per heavy atom. The topological polar surface area (TPSA) is 38.0 Å². The third-order valence-electron chi connectivity index (χ3n) is 2.76. The molecule has 1 atom stereocenters. The molecule has 0 aliphatic rings. The predicted octanol–water partition coefficient (Wildman–Crippen LogP) is 3.59. The molecule has 0 saturated heterocycles. The van der Waals surface area contributed by atoms with Gasteiger partial charge in [-0.25, -0.2) is 4.39 Å². The van der Waals surface area contributed by atoms with E-state index in [0.717, 1.165) is 18.2 Å². The minimum atomic E-state index is -5.53. The maximum absolute atomic E-state index is 12.9. The first-order valence-electron chi connectivity index (χ1n) is 5.50. The Balaban J connectivity index is 3.07. The second-order valence-corrected chi connectivity index (χ2v) is 4.69. The molecule has 0 aromatic heterocycles. The molecule has 1 aromatic rings. The molecule has 0 bridgehead atoms. The Labute approximate surface area is 120 Å². The molecule has 0 radical (unpaired) electrons. The minimum absolute atomic E-state index is 0.0113. The van der Waals surface area contributed by atoms with Crippen LogP contribution in [0.15, 0.2) is 18.2 Å². The SMILES string of the molecule is NNC(Cc1ccc(F)c(Cl)c1)C(C(F)(F)F)C(F)(F)F. The van der Waals surface area contributed by atoms with Gasteiger partial charge in [0.15, 0.2) is 5.92 Å². The highest BCUT2D eigenvalue weighted by molar-refractivity contribution is 6.30. The summed E-state index contributed by atoms with van der Waals surface area (Å²) >= 11 is 5.43. The van der Waals surface area contributed by atoms with E-state index in [0.29, 0.717) is 0 Å². The molecule has 0 spiro atoms. The van der Waals surface area contributed by atoms with E-state index in [2.05, 4.69) is 0 Å². The molecule has 0 aliphatic heterocycles. The highest BCUT2D eigenvalue weighted by atomic mass is 35.5. The fraction of sp³-hybridized carbons (Fsp3) is 0.455. The van der Waals surface area contributed by atoms with Crippen LogP contribution < -0.4 is 11.3 Å². The van der Waals surface area contributed by atoms with Crippen LogP contribution in [-0.4, -0.2) is 18.4 Å². The summed E-state index contributed by atoms with van der Waals surface area (Å²) in [5, 5.41) is -0.404. The Morgan fingerprint density at radius 2 is 1.62 bits per heavy atom. The Hall–Kier alpha value is -1.06. The van der Waals surface area contributed by atoms with Crippen molar-refractivity contribution in [3.05, 3.63) is 34.6 Å². The van der Waals surface area contributed by atoms with Crippen molar-refractivity contribution in [1.29, 1.82) is 0 Å². The summed E-state index contributed by atoms with van der Waals surface area (Å²) in [6.07, 6.45) is -11.8. The average molecular weight is 339 g/mol. The maximum Gasteiger partial charge on any atom is 0.402 e. The lowest BCUT2D eigenvalue weighted by molar-refractivity contribution is -0.291. The molecule has 10 heteroatoms. The molecule has 1 unspecified atom stereocenters. The first-order valence-corrected chi connectivity index (χ1v) is 5.88. The Kier molecular flexibility index (Phi) is 5.46. The first-order chi connectivity index (χ1) is 9.46. The molecule has 0 aliphatic carbocycles. The zero-order valence-corrected chi connectivity index (χ0v) is 11.0. The standard InChI is InChI=1S/C11H10ClF7N2/c12-6-3-5(1-2-7(6)13)4-8(21-20)9(10(14,15)16)11(17,18)19/h1-3,8-9,21H,4,20H2. The molecular formula is C11H10ClF7N2. The smallest absolute Gasteiger partial charge is 0.271 e. The minimum Gasteiger partial charge on any atom is -0.271 e. The lowest BCUT2D eigenvalue weighted by Gasteiger charge is -2.30. The molecule has 3 N–H and O–H groups in total. The van der Waals surface area contributed by atoms with Gasteiger partial charge in [-0.05, 0) is 24.1 Å². The van der Waals surface area contributed by atoms with Gasteiger partial charge in [0.25, 0.3) is 0 Å². The normalized spacial score (nSPS) is 14.6. The van der Waals surface area contributed by atoms with E-state index < -0.39 is 41.6 Å². The molecule has 0 saturated carbocycles.